The Morgan fingerprint density at radius 3 is 3.29 bits per heavy atom. The van der Waals surface area contributed by atoms with Gasteiger partial charge in [0.25, 0.3) is 0 Å². The van der Waals surface area contributed by atoms with Crippen molar-refractivity contribution < 1.29 is 4.74 Å². The van der Waals surface area contributed by atoms with Crippen LogP contribution < -0.4 is 4.90 Å². The van der Waals surface area contributed by atoms with Crippen LogP contribution in [-0.4, -0.2) is 50.5 Å². The van der Waals surface area contributed by atoms with Gasteiger partial charge in [0.1, 0.15) is 17.8 Å². The third kappa shape index (κ3) is 2.36. The summed E-state index contributed by atoms with van der Waals surface area (Å²) in [6.07, 6.45) is 7.35. The van der Waals surface area contributed by atoms with Crippen LogP contribution in [0.15, 0.2) is 37.1 Å². The van der Waals surface area contributed by atoms with Gasteiger partial charge in [-0.3, -0.25) is 4.68 Å². The molecule has 108 valence electrons. The van der Waals surface area contributed by atoms with Crippen molar-refractivity contribution in [2.45, 2.75) is 12.6 Å². The largest absolute Gasteiger partial charge is 0.373 e. The van der Waals surface area contributed by atoms with Crippen LogP contribution in [0.4, 0.5) is 5.82 Å². The first-order chi connectivity index (χ1) is 10.4. The Hall–Kier alpha value is -2.41. The third-order valence-electron chi connectivity index (χ3n) is 3.72. The monoisotopic (exact) mass is 284 g/mol. The Morgan fingerprint density at radius 1 is 1.38 bits per heavy atom. The zero-order valence-electron chi connectivity index (χ0n) is 11.5. The number of aromatic nitrogens is 5. The highest BCUT2D eigenvalue weighted by Gasteiger charge is 2.23. The Labute approximate surface area is 121 Å². The highest BCUT2D eigenvalue weighted by molar-refractivity contribution is 5.87. The van der Waals surface area contributed by atoms with E-state index in [9.17, 15) is 0 Å². The van der Waals surface area contributed by atoms with Crippen molar-refractivity contribution in [3.05, 3.63) is 37.1 Å². The number of H-pyrrole nitrogens is 1. The van der Waals surface area contributed by atoms with E-state index < -0.39 is 0 Å². The molecule has 1 saturated heterocycles. The van der Waals surface area contributed by atoms with Gasteiger partial charge in [-0.25, -0.2) is 9.97 Å². The minimum atomic E-state index is 0.114. The van der Waals surface area contributed by atoms with Crippen molar-refractivity contribution in [2.24, 2.45) is 0 Å². The molecule has 1 N–H and O–H groups in total. The van der Waals surface area contributed by atoms with Crippen LogP contribution in [0.5, 0.6) is 0 Å². The quantitative estimate of drug-likeness (QED) is 0.778. The van der Waals surface area contributed by atoms with E-state index in [4.69, 9.17) is 4.74 Å². The van der Waals surface area contributed by atoms with Crippen LogP contribution in [0.25, 0.3) is 11.0 Å². The molecular weight excluding hydrogens is 268 g/mol. The molecule has 1 aliphatic heterocycles. The summed E-state index contributed by atoms with van der Waals surface area (Å²) in [5.74, 6) is 0.968. The summed E-state index contributed by atoms with van der Waals surface area (Å²) in [7, 11) is 0. The smallest absolute Gasteiger partial charge is 0.142 e. The number of aromatic amines is 1. The molecule has 0 saturated carbocycles. The minimum Gasteiger partial charge on any atom is -0.373 e. The van der Waals surface area contributed by atoms with Crippen molar-refractivity contribution in [2.75, 3.05) is 24.6 Å². The molecule has 21 heavy (non-hydrogen) atoms. The molecule has 4 heterocycles. The second-order valence-corrected chi connectivity index (χ2v) is 5.10. The molecule has 7 heteroatoms. The Balaban J connectivity index is 1.56. The molecule has 0 bridgehead atoms. The Bertz CT molecular complexity index is 722. The molecule has 0 spiro atoms. The van der Waals surface area contributed by atoms with Crippen LogP contribution in [0, 0.1) is 0 Å². The lowest BCUT2D eigenvalue weighted by Crippen LogP contribution is -2.44. The summed E-state index contributed by atoms with van der Waals surface area (Å²) >= 11 is 0. The molecule has 0 aliphatic carbocycles. The van der Waals surface area contributed by atoms with E-state index in [0.717, 1.165) is 36.5 Å². The molecule has 3 aromatic heterocycles. The van der Waals surface area contributed by atoms with E-state index >= 15 is 0 Å². The number of ether oxygens (including phenoxy) is 1. The minimum absolute atomic E-state index is 0.114. The number of anilines is 1. The molecule has 3 aromatic rings. The second-order valence-electron chi connectivity index (χ2n) is 5.10. The van der Waals surface area contributed by atoms with Gasteiger partial charge in [-0.15, -0.1) is 0 Å². The third-order valence-corrected chi connectivity index (χ3v) is 3.72. The predicted molar refractivity (Wildman–Crippen MR) is 78.1 cm³/mol. The van der Waals surface area contributed by atoms with Crippen molar-refractivity contribution in [3.8, 4) is 0 Å². The first-order valence-electron chi connectivity index (χ1n) is 7.02. The summed E-state index contributed by atoms with van der Waals surface area (Å²) in [6.45, 7) is 3.09. The van der Waals surface area contributed by atoms with Gasteiger partial charge in [0.05, 0.1) is 24.6 Å². The van der Waals surface area contributed by atoms with Gasteiger partial charge >= 0.3 is 0 Å². The van der Waals surface area contributed by atoms with Gasteiger partial charge in [-0.2, -0.15) is 5.10 Å². The fourth-order valence-corrected chi connectivity index (χ4v) is 2.75. The number of morpholine rings is 1. The van der Waals surface area contributed by atoms with Gasteiger partial charge < -0.3 is 14.6 Å². The topological polar surface area (TPSA) is 71.9 Å². The van der Waals surface area contributed by atoms with Crippen molar-refractivity contribution in [3.63, 3.8) is 0 Å². The second kappa shape index (κ2) is 5.17. The average molecular weight is 284 g/mol. The molecule has 4 rings (SSSR count). The van der Waals surface area contributed by atoms with Gasteiger partial charge in [0, 0.05) is 31.7 Å². The Kier molecular flexibility index (Phi) is 3.04. The summed E-state index contributed by atoms with van der Waals surface area (Å²) in [6, 6.07) is 3.94. The fourth-order valence-electron chi connectivity index (χ4n) is 2.75. The summed E-state index contributed by atoms with van der Waals surface area (Å²) in [5.41, 5.74) is 0.870. The normalized spacial score (nSPS) is 19.2. The lowest BCUT2D eigenvalue weighted by atomic mass is 10.2. The van der Waals surface area contributed by atoms with Crippen LogP contribution in [0.1, 0.15) is 0 Å². The number of hydrogen-bond donors (Lipinski definition) is 1. The number of rotatable bonds is 3. The molecule has 1 aliphatic rings. The molecule has 1 fully saturated rings. The summed E-state index contributed by atoms with van der Waals surface area (Å²) in [4.78, 5) is 14.1. The maximum Gasteiger partial charge on any atom is 0.142 e. The van der Waals surface area contributed by atoms with E-state index in [0.29, 0.717) is 6.61 Å². The van der Waals surface area contributed by atoms with Crippen LogP contribution in [-0.2, 0) is 11.3 Å². The maximum absolute atomic E-state index is 5.84. The fraction of sp³-hybridized carbons (Fsp3) is 0.357. The molecular formula is C14H16N6O. The highest BCUT2D eigenvalue weighted by Crippen LogP contribution is 2.23. The van der Waals surface area contributed by atoms with Crippen molar-refractivity contribution in [1.29, 1.82) is 0 Å². The van der Waals surface area contributed by atoms with E-state index in [1.807, 2.05) is 29.2 Å². The van der Waals surface area contributed by atoms with Gasteiger partial charge in [-0.1, -0.05) is 0 Å². The predicted octanol–water partition coefficient (Wildman–Crippen LogP) is 1.06. The number of hydrogen-bond acceptors (Lipinski definition) is 5. The molecule has 0 unspecified atom stereocenters. The molecule has 0 amide bonds. The number of nitrogens with one attached hydrogen (secondary N) is 1. The van der Waals surface area contributed by atoms with Gasteiger partial charge in [0.15, 0.2) is 0 Å². The maximum atomic E-state index is 5.84. The van der Waals surface area contributed by atoms with E-state index in [-0.39, 0.29) is 6.10 Å². The average Bonchev–Trinajstić information content (AvgIpc) is 3.18. The van der Waals surface area contributed by atoms with Crippen LogP contribution in [0.2, 0.25) is 0 Å². The number of nitrogens with zero attached hydrogens (tertiary/aromatic N) is 5. The summed E-state index contributed by atoms with van der Waals surface area (Å²) < 4.78 is 7.75. The van der Waals surface area contributed by atoms with E-state index in [1.165, 1.54) is 0 Å². The first-order valence-corrected chi connectivity index (χ1v) is 7.02. The van der Waals surface area contributed by atoms with Crippen LogP contribution >= 0.6 is 0 Å². The molecule has 1 atom stereocenters. The van der Waals surface area contributed by atoms with Gasteiger partial charge in [-0.05, 0) is 12.1 Å². The van der Waals surface area contributed by atoms with E-state index in [1.54, 1.807) is 12.5 Å². The Morgan fingerprint density at radius 2 is 2.38 bits per heavy atom. The highest BCUT2D eigenvalue weighted by atomic mass is 16.5. The van der Waals surface area contributed by atoms with Crippen molar-refractivity contribution in [1.82, 2.24) is 24.7 Å². The molecule has 0 radical (unpaired) electrons. The zero-order valence-corrected chi connectivity index (χ0v) is 11.5. The summed E-state index contributed by atoms with van der Waals surface area (Å²) in [5, 5.41) is 5.29. The number of fused-ring (bicyclic) bond motifs is 1. The van der Waals surface area contributed by atoms with Gasteiger partial charge in [0.2, 0.25) is 0 Å². The SMILES string of the molecule is c1cnn(C[C@H]2CN(c3ncnc4[nH]ccc34)CCO2)c1. The zero-order chi connectivity index (χ0) is 14.1. The standard InChI is InChI=1S/C14H16N6O/c1-3-18-20(5-1)9-11-8-19(6-7-21-11)14-12-2-4-15-13(12)16-10-17-14/h1-5,10-11H,6-9H2,(H,15,16,17)/t11-/m1/s1. The molecule has 7 nitrogen and oxygen atoms in total. The lowest BCUT2D eigenvalue weighted by molar-refractivity contribution is 0.0273. The van der Waals surface area contributed by atoms with Crippen molar-refractivity contribution >= 4 is 16.9 Å². The first kappa shape index (κ1) is 12.3. The van der Waals surface area contributed by atoms with Crippen LogP contribution in [0.3, 0.4) is 0 Å². The molecule has 0 aromatic carbocycles. The van der Waals surface area contributed by atoms with E-state index in [2.05, 4.69) is 25.0 Å². The lowest BCUT2D eigenvalue weighted by Gasteiger charge is -2.33.